The van der Waals surface area contributed by atoms with Gasteiger partial charge in [-0.1, -0.05) is 66.4 Å². The van der Waals surface area contributed by atoms with Crippen molar-refractivity contribution in [3.63, 3.8) is 0 Å². The van der Waals surface area contributed by atoms with Crippen LogP contribution in [0.2, 0.25) is 0 Å². The normalized spacial score (nSPS) is 16.7. The predicted molar refractivity (Wildman–Crippen MR) is 154 cm³/mol. The summed E-state index contributed by atoms with van der Waals surface area (Å²) in [6.07, 6.45) is 1.96. The van der Waals surface area contributed by atoms with Crippen LogP contribution < -0.4 is 15.4 Å². The van der Waals surface area contributed by atoms with E-state index in [4.69, 9.17) is 4.74 Å². The summed E-state index contributed by atoms with van der Waals surface area (Å²) in [5.74, 6) is 0.271. The Morgan fingerprint density at radius 3 is 2.62 bits per heavy atom. The third-order valence-corrected chi connectivity index (χ3v) is 7.79. The molecule has 0 unspecified atom stereocenters. The average molecular weight is 536 g/mol. The highest BCUT2D eigenvalue weighted by molar-refractivity contribution is 8.03. The molecule has 0 saturated heterocycles. The van der Waals surface area contributed by atoms with Crippen LogP contribution in [0.3, 0.4) is 0 Å². The highest BCUT2D eigenvalue weighted by Crippen LogP contribution is 2.44. The Bertz CT molecular complexity index is 1490. The molecule has 6 nitrogen and oxygen atoms in total. The molecule has 2 aliphatic rings. The van der Waals surface area contributed by atoms with E-state index in [9.17, 15) is 14.9 Å². The summed E-state index contributed by atoms with van der Waals surface area (Å²) < 4.78 is 5.94. The maximum Gasteiger partial charge on any atom is 0.234 e. The van der Waals surface area contributed by atoms with Gasteiger partial charge in [0.05, 0.1) is 28.3 Å². The number of Topliss-reactive ketones (excluding diaryl/α,β-unsaturated/α-hetero) is 1. The molecular weight excluding hydrogens is 506 g/mol. The lowest BCUT2D eigenvalue weighted by molar-refractivity contribution is -0.116. The monoisotopic (exact) mass is 535 g/mol. The van der Waals surface area contributed by atoms with Crippen molar-refractivity contribution in [3.05, 3.63) is 117 Å². The number of carbonyl (C=O) groups is 2. The first kappa shape index (κ1) is 26.3. The van der Waals surface area contributed by atoms with E-state index in [1.165, 1.54) is 11.8 Å². The third kappa shape index (κ3) is 6.24. The molecule has 3 aromatic rings. The van der Waals surface area contributed by atoms with Crippen molar-refractivity contribution in [2.75, 3.05) is 11.1 Å². The van der Waals surface area contributed by atoms with Crippen molar-refractivity contribution < 1.29 is 14.3 Å². The van der Waals surface area contributed by atoms with E-state index in [1.54, 1.807) is 0 Å². The van der Waals surface area contributed by atoms with Crippen LogP contribution in [-0.2, 0) is 16.2 Å². The number of ketones is 1. The molecule has 2 N–H and O–H groups in total. The largest absolute Gasteiger partial charge is 0.489 e. The molecule has 1 amide bonds. The average Bonchev–Trinajstić information content (AvgIpc) is 2.95. The molecule has 0 fully saturated rings. The zero-order valence-corrected chi connectivity index (χ0v) is 22.5. The minimum Gasteiger partial charge on any atom is -0.489 e. The van der Waals surface area contributed by atoms with Gasteiger partial charge in [-0.2, -0.15) is 5.26 Å². The first-order valence-electron chi connectivity index (χ1n) is 13.0. The Hall–Kier alpha value is -4.28. The van der Waals surface area contributed by atoms with Crippen LogP contribution in [0.1, 0.15) is 41.9 Å². The summed E-state index contributed by atoms with van der Waals surface area (Å²) >= 11 is 1.29. The van der Waals surface area contributed by atoms with Gasteiger partial charge < -0.3 is 15.4 Å². The zero-order chi connectivity index (χ0) is 27.2. The number of nitrogens with one attached hydrogen (secondary N) is 2. The van der Waals surface area contributed by atoms with E-state index in [0.29, 0.717) is 35.0 Å². The fourth-order valence-electron chi connectivity index (χ4n) is 4.93. The van der Waals surface area contributed by atoms with Gasteiger partial charge in [0.2, 0.25) is 5.91 Å². The number of aryl methyl sites for hydroxylation is 1. The lowest BCUT2D eigenvalue weighted by Crippen LogP contribution is -2.31. The molecular formula is C32H29N3O3S. The van der Waals surface area contributed by atoms with Crippen LogP contribution >= 0.6 is 11.8 Å². The number of carbonyl (C=O) groups excluding carboxylic acids is 2. The number of thioether (sulfide) groups is 1. The number of hydrogen-bond acceptors (Lipinski definition) is 6. The van der Waals surface area contributed by atoms with Crippen molar-refractivity contribution in [2.24, 2.45) is 0 Å². The number of allylic oxidation sites excluding steroid dienone is 3. The van der Waals surface area contributed by atoms with Crippen LogP contribution in [0.15, 0.2) is 101 Å². The molecule has 0 bridgehead atoms. The van der Waals surface area contributed by atoms with Crippen molar-refractivity contribution in [3.8, 4) is 11.8 Å². The number of benzene rings is 3. The van der Waals surface area contributed by atoms with E-state index in [2.05, 4.69) is 16.7 Å². The molecule has 1 heterocycles. The first-order chi connectivity index (χ1) is 19.0. The second-order valence-electron chi connectivity index (χ2n) is 9.63. The summed E-state index contributed by atoms with van der Waals surface area (Å²) in [5, 5.41) is 17.1. The Labute approximate surface area is 232 Å². The van der Waals surface area contributed by atoms with Crippen LogP contribution in [0.25, 0.3) is 0 Å². The summed E-state index contributed by atoms with van der Waals surface area (Å²) in [7, 11) is 0. The van der Waals surface area contributed by atoms with Gasteiger partial charge in [0.25, 0.3) is 0 Å². The van der Waals surface area contributed by atoms with E-state index >= 15 is 0 Å². The number of dihydropyridines is 1. The molecule has 0 saturated carbocycles. The lowest BCUT2D eigenvalue weighted by Gasteiger charge is -2.33. The fourth-order valence-corrected chi connectivity index (χ4v) is 5.79. The lowest BCUT2D eigenvalue weighted by atomic mass is 9.77. The van der Waals surface area contributed by atoms with Crippen molar-refractivity contribution in [2.45, 2.75) is 38.7 Å². The number of anilines is 1. The molecule has 5 rings (SSSR count). The number of hydrogen-bond donors (Lipinski definition) is 2. The van der Waals surface area contributed by atoms with E-state index in [1.807, 2.05) is 85.8 Å². The van der Waals surface area contributed by atoms with Gasteiger partial charge in [0.15, 0.2) is 5.78 Å². The Morgan fingerprint density at radius 2 is 1.87 bits per heavy atom. The third-order valence-electron chi connectivity index (χ3n) is 6.77. The zero-order valence-electron chi connectivity index (χ0n) is 21.7. The minimum absolute atomic E-state index is 0.0622. The van der Waals surface area contributed by atoms with Crippen molar-refractivity contribution in [1.29, 1.82) is 5.26 Å². The fraction of sp³-hybridized carbons (Fsp3) is 0.219. The Kier molecular flexibility index (Phi) is 8.14. The van der Waals surface area contributed by atoms with Crippen LogP contribution in [0.4, 0.5) is 5.69 Å². The minimum atomic E-state index is -0.482. The molecule has 1 aliphatic heterocycles. The molecule has 0 radical (unpaired) electrons. The molecule has 3 aromatic carbocycles. The summed E-state index contributed by atoms with van der Waals surface area (Å²) in [6, 6.07) is 27.5. The van der Waals surface area contributed by atoms with E-state index in [0.717, 1.165) is 40.9 Å². The highest BCUT2D eigenvalue weighted by atomic mass is 32.2. The maximum absolute atomic E-state index is 13.1. The maximum atomic E-state index is 13.1. The Balaban J connectivity index is 1.37. The Morgan fingerprint density at radius 1 is 1.08 bits per heavy atom. The van der Waals surface area contributed by atoms with Gasteiger partial charge in [-0.25, -0.2) is 0 Å². The van der Waals surface area contributed by atoms with Crippen LogP contribution in [0, 0.1) is 18.3 Å². The first-order valence-corrected chi connectivity index (χ1v) is 13.9. The molecule has 196 valence electrons. The molecule has 1 atom stereocenters. The van der Waals surface area contributed by atoms with Crippen molar-refractivity contribution >= 4 is 29.1 Å². The van der Waals surface area contributed by atoms with Gasteiger partial charge in [0, 0.05) is 23.4 Å². The molecule has 39 heavy (non-hydrogen) atoms. The predicted octanol–water partition coefficient (Wildman–Crippen LogP) is 6.38. The molecule has 1 aliphatic carbocycles. The van der Waals surface area contributed by atoms with Gasteiger partial charge in [-0.3, -0.25) is 9.59 Å². The summed E-state index contributed by atoms with van der Waals surface area (Å²) in [5.41, 5.74) is 5.68. The van der Waals surface area contributed by atoms with Gasteiger partial charge in [-0.05, 0) is 60.7 Å². The number of nitrogens with zero attached hydrogens (tertiary/aromatic N) is 1. The quantitative estimate of drug-likeness (QED) is 0.348. The molecule has 0 spiro atoms. The SMILES string of the molecule is Cc1cccc(NC(=O)CSC2=C(C#N)[C@@H](c3ccc(OCc4ccccc4)cc3)C3=C(CCCC3=O)N2)c1. The van der Waals surface area contributed by atoms with Gasteiger partial charge in [0.1, 0.15) is 12.4 Å². The van der Waals surface area contributed by atoms with E-state index < -0.39 is 5.92 Å². The van der Waals surface area contributed by atoms with Crippen molar-refractivity contribution in [1.82, 2.24) is 5.32 Å². The summed E-state index contributed by atoms with van der Waals surface area (Å²) in [4.78, 5) is 25.8. The number of amides is 1. The van der Waals surface area contributed by atoms with Gasteiger partial charge in [-0.15, -0.1) is 0 Å². The smallest absolute Gasteiger partial charge is 0.234 e. The highest BCUT2D eigenvalue weighted by Gasteiger charge is 2.37. The number of nitriles is 1. The van der Waals surface area contributed by atoms with Gasteiger partial charge >= 0.3 is 0 Å². The second-order valence-corrected chi connectivity index (χ2v) is 10.6. The second kappa shape index (κ2) is 12.1. The number of rotatable bonds is 8. The topological polar surface area (TPSA) is 91.2 Å². The molecule has 7 heteroatoms. The number of ether oxygens (including phenoxy) is 1. The molecule has 0 aromatic heterocycles. The standard InChI is InChI=1S/C32H29N3O3S/c1-21-7-5-10-24(17-21)34-29(37)20-39-32-26(18-33)30(31-27(35-32)11-6-12-28(31)36)23-13-15-25(16-14-23)38-19-22-8-3-2-4-9-22/h2-5,7-10,13-17,30,35H,6,11-12,19-20H2,1H3,(H,34,37)/t30-/m1/s1. The van der Waals surface area contributed by atoms with Crippen LogP contribution in [0.5, 0.6) is 5.75 Å². The summed E-state index contributed by atoms with van der Waals surface area (Å²) in [6.45, 7) is 2.43. The van der Waals surface area contributed by atoms with E-state index in [-0.39, 0.29) is 17.4 Å². The van der Waals surface area contributed by atoms with Crippen LogP contribution in [-0.4, -0.2) is 17.4 Å².